The minimum atomic E-state index is -1.32. The summed E-state index contributed by atoms with van der Waals surface area (Å²) in [7, 11) is 0. The highest BCUT2D eigenvalue weighted by molar-refractivity contribution is 5.85. The fourth-order valence-corrected chi connectivity index (χ4v) is 1.06. The van der Waals surface area contributed by atoms with Gasteiger partial charge in [0.25, 0.3) is 5.91 Å². The number of rotatable bonds is 6. The maximum atomic E-state index is 11.2. The molecule has 1 amide bonds. The Kier molecular flexibility index (Phi) is 5.88. The lowest BCUT2D eigenvalue weighted by molar-refractivity contribution is -0.409. The van der Waals surface area contributed by atoms with Gasteiger partial charge in [0.2, 0.25) is 0 Å². The number of quaternary nitrogens is 1. The molecule has 0 bridgehead atoms. The first-order valence-corrected chi connectivity index (χ1v) is 4.83. The van der Waals surface area contributed by atoms with Gasteiger partial charge in [0.05, 0.1) is 12.0 Å². The van der Waals surface area contributed by atoms with Crippen molar-refractivity contribution in [1.29, 1.82) is 0 Å². The predicted molar refractivity (Wildman–Crippen MR) is 50.2 cm³/mol. The van der Waals surface area contributed by atoms with Gasteiger partial charge in [-0.1, -0.05) is 13.8 Å². The van der Waals surface area contributed by atoms with Crippen molar-refractivity contribution in [3.8, 4) is 0 Å². The normalized spacial score (nSPS) is 14.7. The molecule has 0 unspecified atom stereocenters. The second-order valence-electron chi connectivity index (χ2n) is 3.89. The van der Waals surface area contributed by atoms with Gasteiger partial charge < -0.3 is 26.1 Å². The van der Waals surface area contributed by atoms with E-state index in [1.165, 1.54) is 0 Å². The van der Waals surface area contributed by atoms with Crippen LogP contribution < -0.4 is 16.2 Å². The Balaban J connectivity index is 4.29. The van der Waals surface area contributed by atoms with Crippen molar-refractivity contribution in [2.75, 3.05) is 6.61 Å². The Bertz CT molecular complexity index is 230. The third-order valence-electron chi connectivity index (χ3n) is 1.90. The van der Waals surface area contributed by atoms with Gasteiger partial charge in [-0.15, -0.1) is 0 Å². The van der Waals surface area contributed by atoms with Gasteiger partial charge in [-0.2, -0.15) is 0 Å². The highest BCUT2D eigenvalue weighted by Crippen LogP contribution is 2.03. The molecule has 0 aliphatic carbocycles. The van der Waals surface area contributed by atoms with Crippen LogP contribution in [-0.2, 0) is 9.59 Å². The van der Waals surface area contributed by atoms with E-state index in [1.807, 2.05) is 13.8 Å². The van der Waals surface area contributed by atoms with Crippen LogP contribution >= 0.6 is 0 Å². The molecule has 0 saturated carbocycles. The number of hydrogen-bond acceptors (Lipinski definition) is 4. The number of carboxylic acids is 1. The van der Waals surface area contributed by atoms with Gasteiger partial charge in [0.1, 0.15) is 6.61 Å². The molecule has 88 valence electrons. The average Bonchev–Trinajstić information content (AvgIpc) is 2.14. The van der Waals surface area contributed by atoms with Gasteiger partial charge in [-0.25, -0.2) is 0 Å². The third kappa shape index (κ3) is 5.34. The first-order chi connectivity index (χ1) is 6.88. The Morgan fingerprint density at radius 2 is 2.00 bits per heavy atom. The van der Waals surface area contributed by atoms with E-state index < -0.39 is 30.6 Å². The number of nitrogens with one attached hydrogen (secondary N) is 1. The summed E-state index contributed by atoms with van der Waals surface area (Å²) in [6.07, 6.45) is 0.298. The van der Waals surface area contributed by atoms with Gasteiger partial charge in [-0.05, 0) is 12.3 Å². The summed E-state index contributed by atoms with van der Waals surface area (Å²) in [6.45, 7) is 3.28. The van der Waals surface area contributed by atoms with E-state index in [0.29, 0.717) is 6.42 Å². The van der Waals surface area contributed by atoms with Crippen LogP contribution in [-0.4, -0.2) is 35.7 Å². The fourth-order valence-electron chi connectivity index (χ4n) is 1.06. The number of carbonyl (C=O) groups excluding carboxylic acids is 2. The molecule has 0 rings (SSSR count). The van der Waals surface area contributed by atoms with E-state index in [0.717, 1.165) is 0 Å². The lowest BCUT2D eigenvalue weighted by Gasteiger charge is -2.21. The van der Waals surface area contributed by atoms with Crippen LogP contribution in [0.1, 0.15) is 20.3 Å². The second kappa shape index (κ2) is 6.36. The van der Waals surface area contributed by atoms with E-state index in [4.69, 9.17) is 5.11 Å². The van der Waals surface area contributed by atoms with Crippen molar-refractivity contribution in [2.45, 2.75) is 32.4 Å². The van der Waals surface area contributed by atoms with E-state index >= 15 is 0 Å². The number of carbonyl (C=O) groups is 2. The van der Waals surface area contributed by atoms with Gasteiger partial charge in [0.15, 0.2) is 6.04 Å². The van der Waals surface area contributed by atoms with Crippen molar-refractivity contribution in [3.05, 3.63) is 0 Å². The molecule has 0 aromatic rings. The van der Waals surface area contributed by atoms with Crippen LogP contribution in [0.5, 0.6) is 0 Å². The molecular formula is C9H18N2O4. The molecule has 6 heteroatoms. The summed E-state index contributed by atoms with van der Waals surface area (Å²) in [4.78, 5) is 21.9. The molecule has 15 heavy (non-hydrogen) atoms. The summed E-state index contributed by atoms with van der Waals surface area (Å²) in [5.41, 5.74) is 3.37. The zero-order chi connectivity index (χ0) is 12.0. The Labute approximate surface area is 88.5 Å². The van der Waals surface area contributed by atoms with Crippen molar-refractivity contribution in [3.63, 3.8) is 0 Å². The Morgan fingerprint density at radius 3 is 2.33 bits per heavy atom. The van der Waals surface area contributed by atoms with Crippen molar-refractivity contribution < 1.29 is 25.5 Å². The topological polar surface area (TPSA) is 117 Å². The lowest BCUT2D eigenvalue weighted by atomic mass is 10.0. The van der Waals surface area contributed by atoms with Crippen molar-refractivity contribution >= 4 is 11.9 Å². The van der Waals surface area contributed by atoms with Crippen LogP contribution in [0.4, 0.5) is 0 Å². The van der Waals surface area contributed by atoms with E-state index in [2.05, 4.69) is 11.1 Å². The summed E-state index contributed by atoms with van der Waals surface area (Å²) >= 11 is 0. The Morgan fingerprint density at radius 1 is 1.47 bits per heavy atom. The SMILES string of the molecule is CC(C)C[C@H](NC(=O)[C@@H]([NH3+])CO)C(=O)[O-]. The zero-order valence-corrected chi connectivity index (χ0v) is 9.03. The van der Waals surface area contributed by atoms with Crippen molar-refractivity contribution in [1.82, 2.24) is 5.32 Å². The number of carboxylic acid groups (broad SMARTS) is 1. The lowest BCUT2D eigenvalue weighted by Crippen LogP contribution is -2.70. The molecule has 0 spiro atoms. The highest BCUT2D eigenvalue weighted by atomic mass is 16.4. The molecule has 5 N–H and O–H groups in total. The summed E-state index contributed by atoms with van der Waals surface area (Å²) in [5.74, 6) is -1.76. The minimum absolute atomic E-state index is 0.130. The molecule has 2 atom stereocenters. The summed E-state index contributed by atoms with van der Waals surface area (Å²) in [6, 6.07) is -1.87. The van der Waals surface area contributed by atoms with E-state index in [1.54, 1.807) is 0 Å². The molecule has 0 aromatic heterocycles. The summed E-state index contributed by atoms with van der Waals surface area (Å²) < 4.78 is 0. The third-order valence-corrected chi connectivity index (χ3v) is 1.90. The fraction of sp³-hybridized carbons (Fsp3) is 0.778. The van der Waals surface area contributed by atoms with Crippen LogP contribution in [0.25, 0.3) is 0 Å². The predicted octanol–water partition coefficient (Wildman–Crippen LogP) is -3.13. The van der Waals surface area contributed by atoms with Gasteiger partial charge >= 0.3 is 0 Å². The standard InChI is InChI=1S/C9H18N2O4/c1-5(2)3-7(9(14)15)11-8(13)6(10)4-12/h5-7,12H,3-4,10H2,1-2H3,(H,11,13)(H,14,15)/t6-,7-/m0/s1. The molecule has 0 heterocycles. The second-order valence-corrected chi connectivity index (χ2v) is 3.89. The van der Waals surface area contributed by atoms with Crippen molar-refractivity contribution in [2.24, 2.45) is 5.92 Å². The number of aliphatic hydroxyl groups excluding tert-OH is 1. The van der Waals surface area contributed by atoms with E-state index in [-0.39, 0.29) is 5.92 Å². The molecule has 0 aliphatic rings. The maximum Gasteiger partial charge on any atom is 0.281 e. The number of aliphatic carboxylic acids is 1. The van der Waals surface area contributed by atoms with Crippen LogP contribution in [0.2, 0.25) is 0 Å². The highest BCUT2D eigenvalue weighted by Gasteiger charge is 2.21. The number of hydrogen-bond donors (Lipinski definition) is 3. The monoisotopic (exact) mass is 218 g/mol. The molecule has 0 fully saturated rings. The van der Waals surface area contributed by atoms with Crippen LogP contribution in [0, 0.1) is 5.92 Å². The smallest absolute Gasteiger partial charge is 0.281 e. The first-order valence-electron chi connectivity index (χ1n) is 4.83. The van der Waals surface area contributed by atoms with Crippen LogP contribution in [0.3, 0.4) is 0 Å². The minimum Gasteiger partial charge on any atom is -0.548 e. The maximum absolute atomic E-state index is 11.2. The van der Waals surface area contributed by atoms with E-state index in [9.17, 15) is 14.7 Å². The van der Waals surface area contributed by atoms with Crippen LogP contribution in [0.15, 0.2) is 0 Å². The molecule has 0 aromatic carbocycles. The summed E-state index contributed by atoms with van der Waals surface area (Å²) in [5, 5.41) is 21.6. The molecule has 0 aliphatic heterocycles. The first kappa shape index (κ1) is 13.9. The quantitative estimate of drug-likeness (QED) is 0.437. The Hall–Kier alpha value is -1.14. The molecule has 0 radical (unpaired) electrons. The molecular weight excluding hydrogens is 200 g/mol. The largest absolute Gasteiger partial charge is 0.548 e. The van der Waals surface area contributed by atoms with Gasteiger partial charge in [0, 0.05) is 0 Å². The number of amides is 1. The molecule has 6 nitrogen and oxygen atoms in total. The average molecular weight is 218 g/mol. The molecule has 0 saturated heterocycles. The van der Waals surface area contributed by atoms with Gasteiger partial charge in [-0.3, -0.25) is 4.79 Å². The zero-order valence-electron chi connectivity index (χ0n) is 9.03. The number of aliphatic hydroxyl groups is 1.